The summed E-state index contributed by atoms with van der Waals surface area (Å²) in [5.41, 5.74) is 4.35. The third-order valence-corrected chi connectivity index (χ3v) is 7.91. The Labute approximate surface area is 230 Å². The Kier molecular flexibility index (Phi) is 7.37. The molecule has 9 heteroatoms. The Hall–Kier alpha value is -2.42. The highest BCUT2D eigenvalue weighted by Gasteiger charge is 2.41. The summed E-state index contributed by atoms with van der Waals surface area (Å²) in [6.07, 6.45) is 3.98. The van der Waals surface area contributed by atoms with Gasteiger partial charge in [-0.2, -0.15) is 0 Å². The van der Waals surface area contributed by atoms with Gasteiger partial charge in [0.15, 0.2) is 18.2 Å². The Morgan fingerprint density at radius 1 is 0.972 bits per heavy atom. The molecule has 186 valence electrons. The summed E-state index contributed by atoms with van der Waals surface area (Å²) in [4.78, 5) is 39.1. The van der Waals surface area contributed by atoms with Crippen molar-refractivity contribution in [1.29, 1.82) is 0 Å². The maximum atomic E-state index is 13.2. The molecule has 0 spiro atoms. The van der Waals surface area contributed by atoms with Crippen molar-refractivity contribution >= 4 is 66.6 Å². The highest BCUT2D eigenvalue weighted by atomic mass is 79.9. The SMILES string of the molecule is O=C(COc1c(Br)cc(Br)cc1C1C2=C(CCCC2=O)NC2=C1C(=O)CCC2)Nc1ccc(Cl)cc1. The second-order valence-corrected chi connectivity index (χ2v) is 11.3. The Morgan fingerprint density at radius 2 is 1.58 bits per heavy atom. The van der Waals surface area contributed by atoms with Crippen molar-refractivity contribution in [1.82, 2.24) is 5.32 Å². The van der Waals surface area contributed by atoms with Crippen LogP contribution < -0.4 is 15.4 Å². The monoisotopic (exact) mass is 632 g/mol. The van der Waals surface area contributed by atoms with E-state index in [4.69, 9.17) is 16.3 Å². The average Bonchev–Trinajstić information content (AvgIpc) is 2.83. The van der Waals surface area contributed by atoms with Crippen molar-refractivity contribution in [3.05, 3.63) is 78.5 Å². The maximum Gasteiger partial charge on any atom is 0.262 e. The fraction of sp³-hybridized carbons (Fsp3) is 0.296. The van der Waals surface area contributed by atoms with Gasteiger partial charge in [0.2, 0.25) is 0 Å². The summed E-state index contributed by atoms with van der Waals surface area (Å²) < 4.78 is 7.47. The van der Waals surface area contributed by atoms with E-state index in [0.29, 0.717) is 50.5 Å². The zero-order chi connectivity index (χ0) is 25.4. The summed E-state index contributed by atoms with van der Waals surface area (Å²) in [5.74, 6) is -0.361. The number of dihydropyridines is 1. The topological polar surface area (TPSA) is 84.5 Å². The van der Waals surface area contributed by atoms with Crippen LogP contribution in [0.2, 0.25) is 5.02 Å². The molecule has 0 aromatic heterocycles. The smallest absolute Gasteiger partial charge is 0.262 e. The summed E-state index contributed by atoms with van der Waals surface area (Å²) >= 11 is 13.1. The molecule has 2 N–H and O–H groups in total. The van der Waals surface area contributed by atoms with Crippen molar-refractivity contribution in [2.45, 2.75) is 44.4 Å². The highest BCUT2D eigenvalue weighted by molar-refractivity contribution is 9.11. The molecule has 0 atom stereocenters. The van der Waals surface area contributed by atoms with Crippen LogP contribution >= 0.6 is 43.5 Å². The Bertz CT molecular complexity index is 1290. The molecule has 6 nitrogen and oxygen atoms in total. The van der Waals surface area contributed by atoms with E-state index in [1.807, 2.05) is 12.1 Å². The van der Waals surface area contributed by atoms with Crippen LogP contribution in [-0.2, 0) is 14.4 Å². The molecule has 1 amide bonds. The van der Waals surface area contributed by atoms with E-state index in [9.17, 15) is 14.4 Å². The predicted octanol–water partition coefficient (Wildman–Crippen LogP) is 6.58. The minimum absolute atomic E-state index is 0.0428. The molecule has 2 aromatic carbocycles. The summed E-state index contributed by atoms with van der Waals surface area (Å²) in [6, 6.07) is 10.5. The number of hydrogen-bond acceptors (Lipinski definition) is 5. The molecule has 1 aliphatic heterocycles. The van der Waals surface area contributed by atoms with Crippen LogP contribution in [0.15, 0.2) is 67.9 Å². The molecule has 2 aromatic rings. The van der Waals surface area contributed by atoms with E-state index in [0.717, 1.165) is 41.6 Å². The van der Waals surface area contributed by atoms with Crippen molar-refractivity contribution in [3.63, 3.8) is 0 Å². The molecule has 0 saturated carbocycles. The van der Waals surface area contributed by atoms with Crippen LogP contribution in [0.25, 0.3) is 0 Å². The molecule has 2 aliphatic carbocycles. The quantitative estimate of drug-likeness (QED) is 0.388. The van der Waals surface area contributed by atoms with Crippen molar-refractivity contribution in [3.8, 4) is 5.75 Å². The number of ketones is 2. The molecule has 1 heterocycles. The van der Waals surface area contributed by atoms with E-state index in [-0.39, 0.29) is 24.1 Å². The molecule has 0 bridgehead atoms. The van der Waals surface area contributed by atoms with Gasteiger partial charge in [0.25, 0.3) is 5.91 Å². The van der Waals surface area contributed by atoms with Crippen LogP contribution in [0.4, 0.5) is 5.69 Å². The van der Waals surface area contributed by atoms with Gasteiger partial charge in [-0.15, -0.1) is 0 Å². The number of carbonyl (C=O) groups excluding carboxylic acids is 3. The lowest BCUT2D eigenvalue weighted by Gasteiger charge is -2.37. The number of rotatable bonds is 5. The number of amides is 1. The van der Waals surface area contributed by atoms with E-state index >= 15 is 0 Å². The van der Waals surface area contributed by atoms with Crippen LogP contribution in [0.5, 0.6) is 5.75 Å². The molecule has 3 aliphatic rings. The number of anilines is 1. The maximum absolute atomic E-state index is 13.2. The van der Waals surface area contributed by atoms with Gasteiger partial charge in [-0.05, 0) is 78.0 Å². The molecule has 0 radical (unpaired) electrons. The average molecular weight is 635 g/mol. The second kappa shape index (κ2) is 10.5. The second-order valence-electron chi connectivity index (χ2n) is 9.05. The normalized spacial score (nSPS) is 18.0. The largest absolute Gasteiger partial charge is 0.482 e. The molecule has 0 unspecified atom stereocenters. The number of Topliss-reactive ketones (excluding diaryl/α,β-unsaturated/α-hetero) is 2. The first-order valence-electron chi connectivity index (χ1n) is 11.8. The lowest BCUT2D eigenvalue weighted by atomic mass is 9.71. The van der Waals surface area contributed by atoms with E-state index < -0.39 is 5.92 Å². The summed E-state index contributed by atoms with van der Waals surface area (Å²) in [5, 5.41) is 6.79. The number of benzene rings is 2. The minimum atomic E-state index is -0.542. The number of ether oxygens (including phenoxy) is 1. The molecule has 36 heavy (non-hydrogen) atoms. The van der Waals surface area contributed by atoms with Gasteiger partial charge >= 0.3 is 0 Å². The van der Waals surface area contributed by atoms with E-state index in [2.05, 4.69) is 42.5 Å². The fourth-order valence-electron chi connectivity index (χ4n) is 5.11. The minimum Gasteiger partial charge on any atom is -0.482 e. The first kappa shape index (κ1) is 25.2. The van der Waals surface area contributed by atoms with Gasteiger partial charge in [-0.1, -0.05) is 27.5 Å². The Balaban J connectivity index is 1.52. The number of allylic oxidation sites excluding steroid dienone is 4. The van der Waals surface area contributed by atoms with Crippen molar-refractivity contribution in [2.75, 3.05) is 11.9 Å². The van der Waals surface area contributed by atoms with Gasteiger partial charge in [0.05, 0.1) is 4.47 Å². The van der Waals surface area contributed by atoms with E-state index in [1.54, 1.807) is 24.3 Å². The number of carbonyl (C=O) groups is 3. The van der Waals surface area contributed by atoms with Crippen LogP contribution in [0, 0.1) is 0 Å². The standard InChI is InChI=1S/C27H23Br2ClN2O4/c28-14-11-17(27(18(29)12-14)36-13-23(35)31-16-9-7-15(30)8-10-16)24-25-19(3-1-5-21(25)33)32-20-4-2-6-22(34)26(20)24/h7-12,24,32H,1-6,13H2,(H,31,35). The number of halogens is 3. The van der Waals surface area contributed by atoms with Gasteiger partial charge in [-0.25, -0.2) is 0 Å². The zero-order valence-electron chi connectivity index (χ0n) is 19.3. The summed E-state index contributed by atoms with van der Waals surface area (Å²) in [6.45, 7) is -0.249. The third kappa shape index (κ3) is 5.04. The molecular weight excluding hydrogens is 612 g/mol. The molecule has 0 saturated heterocycles. The van der Waals surface area contributed by atoms with Crippen LogP contribution in [0.1, 0.15) is 50.0 Å². The first-order valence-corrected chi connectivity index (χ1v) is 13.7. The number of nitrogens with one attached hydrogen (secondary N) is 2. The molecule has 0 fully saturated rings. The van der Waals surface area contributed by atoms with Crippen molar-refractivity contribution in [2.24, 2.45) is 0 Å². The van der Waals surface area contributed by atoms with Crippen LogP contribution in [0.3, 0.4) is 0 Å². The van der Waals surface area contributed by atoms with Gasteiger partial charge < -0.3 is 15.4 Å². The number of hydrogen-bond donors (Lipinski definition) is 2. The van der Waals surface area contributed by atoms with Gasteiger partial charge in [-0.3, -0.25) is 14.4 Å². The molecular formula is C27H23Br2ClN2O4. The predicted molar refractivity (Wildman–Crippen MR) is 145 cm³/mol. The van der Waals surface area contributed by atoms with Gasteiger partial charge in [0, 0.05) is 62.0 Å². The summed E-state index contributed by atoms with van der Waals surface area (Å²) in [7, 11) is 0. The first-order chi connectivity index (χ1) is 17.3. The Morgan fingerprint density at radius 3 is 2.19 bits per heavy atom. The van der Waals surface area contributed by atoms with Gasteiger partial charge in [0.1, 0.15) is 5.75 Å². The van der Waals surface area contributed by atoms with Crippen LogP contribution in [-0.4, -0.2) is 24.1 Å². The lowest BCUT2D eigenvalue weighted by Crippen LogP contribution is -2.36. The zero-order valence-corrected chi connectivity index (χ0v) is 23.2. The fourth-order valence-corrected chi connectivity index (χ4v) is 6.61. The third-order valence-electron chi connectivity index (χ3n) is 6.62. The van der Waals surface area contributed by atoms with Crippen molar-refractivity contribution < 1.29 is 19.1 Å². The highest BCUT2D eigenvalue weighted by Crippen LogP contribution is 2.49. The lowest BCUT2D eigenvalue weighted by molar-refractivity contribution is -0.119. The van der Waals surface area contributed by atoms with E-state index in [1.165, 1.54) is 0 Å². The molecule has 5 rings (SSSR count).